The van der Waals surface area contributed by atoms with E-state index in [0.29, 0.717) is 24.7 Å². The van der Waals surface area contributed by atoms with Crippen molar-refractivity contribution in [1.29, 1.82) is 0 Å². The highest BCUT2D eigenvalue weighted by Gasteiger charge is 2.39. The van der Waals surface area contributed by atoms with Crippen LogP contribution >= 0.6 is 11.8 Å². The monoisotopic (exact) mass is 341 g/mol. The molecule has 0 aromatic carbocycles. The van der Waals surface area contributed by atoms with E-state index in [9.17, 15) is 14.4 Å². The van der Waals surface area contributed by atoms with Crippen LogP contribution in [0.1, 0.15) is 39.5 Å². The van der Waals surface area contributed by atoms with Crippen molar-refractivity contribution >= 4 is 29.5 Å². The molecule has 0 bridgehead atoms. The number of amides is 3. The minimum Gasteiger partial charge on any atom is -0.355 e. The SMILES string of the molecule is CCNC(=O)CN(CC)C(=O)C1CSCN1C(=O)C1CCCC1. The first kappa shape index (κ1) is 18.1. The highest BCUT2D eigenvalue weighted by molar-refractivity contribution is 7.99. The Balaban J connectivity index is 2.00. The lowest BCUT2D eigenvalue weighted by molar-refractivity contribution is -0.146. The van der Waals surface area contributed by atoms with Gasteiger partial charge in [0.15, 0.2) is 0 Å². The number of thioether (sulfide) groups is 1. The number of likely N-dealkylation sites (N-methyl/N-ethyl adjacent to an activating group) is 2. The topological polar surface area (TPSA) is 69.7 Å². The number of carbonyl (C=O) groups is 3. The average molecular weight is 341 g/mol. The van der Waals surface area contributed by atoms with Crippen LogP contribution in [0.15, 0.2) is 0 Å². The lowest BCUT2D eigenvalue weighted by Crippen LogP contribution is -2.52. The predicted octanol–water partition coefficient (Wildman–Crippen LogP) is 1.06. The van der Waals surface area contributed by atoms with Crippen molar-refractivity contribution in [2.24, 2.45) is 5.92 Å². The summed E-state index contributed by atoms with van der Waals surface area (Å²) in [5.74, 6) is 1.17. The first-order valence-electron chi connectivity index (χ1n) is 8.52. The molecule has 130 valence electrons. The Labute approximate surface area is 142 Å². The standard InChI is InChI=1S/C16H27N3O3S/c1-3-17-14(20)9-18(4-2)16(22)13-10-23-11-19(13)15(21)12-7-5-6-8-12/h12-13H,3-11H2,1-2H3,(H,17,20). The molecule has 2 rings (SSSR count). The zero-order valence-electron chi connectivity index (χ0n) is 14.0. The highest BCUT2D eigenvalue weighted by Crippen LogP contribution is 2.31. The van der Waals surface area contributed by atoms with Gasteiger partial charge in [-0.15, -0.1) is 11.8 Å². The molecule has 1 aliphatic heterocycles. The van der Waals surface area contributed by atoms with Gasteiger partial charge in [0.1, 0.15) is 6.04 Å². The van der Waals surface area contributed by atoms with Crippen molar-refractivity contribution in [3.63, 3.8) is 0 Å². The Morgan fingerprint density at radius 3 is 2.52 bits per heavy atom. The molecule has 23 heavy (non-hydrogen) atoms. The summed E-state index contributed by atoms with van der Waals surface area (Å²) >= 11 is 1.62. The van der Waals surface area contributed by atoms with E-state index < -0.39 is 6.04 Å². The summed E-state index contributed by atoms with van der Waals surface area (Å²) in [4.78, 5) is 40.5. The van der Waals surface area contributed by atoms with Crippen molar-refractivity contribution in [2.45, 2.75) is 45.6 Å². The Hall–Kier alpha value is -1.24. The van der Waals surface area contributed by atoms with Crippen LogP contribution in [0.5, 0.6) is 0 Å². The van der Waals surface area contributed by atoms with E-state index in [-0.39, 0.29) is 30.2 Å². The van der Waals surface area contributed by atoms with E-state index >= 15 is 0 Å². The third-order valence-corrected chi connectivity index (χ3v) is 5.57. The van der Waals surface area contributed by atoms with E-state index in [2.05, 4.69) is 5.32 Å². The summed E-state index contributed by atoms with van der Waals surface area (Å²) in [6.45, 7) is 4.81. The summed E-state index contributed by atoms with van der Waals surface area (Å²) in [6.07, 6.45) is 4.09. The maximum Gasteiger partial charge on any atom is 0.246 e. The molecule has 1 atom stereocenters. The fraction of sp³-hybridized carbons (Fsp3) is 0.812. The molecule has 2 aliphatic rings. The predicted molar refractivity (Wildman–Crippen MR) is 90.9 cm³/mol. The summed E-state index contributed by atoms with van der Waals surface area (Å²) < 4.78 is 0. The van der Waals surface area contributed by atoms with Crippen LogP contribution in [0.2, 0.25) is 0 Å². The third kappa shape index (κ3) is 4.40. The second kappa shape index (κ2) is 8.57. The molecule has 1 saturated heterocycles. The molecular weight excluding hydrogens is 314 g/mol. The number of nitrogens with one attached hydrogen (secondary N) is 1. The van der Waals surface area contributed by atoms with Crippen molar-refractivity contribution in [2.75, 3.05) is 31.3 Å². The summed E-state index contributed by atoms with van der Waals surface area (Å²) in [7, 11) is 0. The quantitative estimate of drug-likeness (QED) is 0.784. The van der Waals surface area contributed by atoms with Gasteiger partial charge in [-0.25, -0.2) is 0 Å². The van der Waals surface area contributed by atoms with Crippen LogP contribution < -0.4 is 5.32 Å². The van der Waals surface area contributed by atoms with Gasteiger partial charge in [-0.2, -0.15) is 0 Å². The number of carbonyl (C=O) groups excluding carboxylic acids is 3. The zero-order valence-corrected chi connectivity index (χ0v) is 14.9. The molecule has 1 unspecified atom stereocenters. The van der Waals surface area contributed by atoms with Gasteiger partial charge in [0.2, 0.25) is 17.7 Å². The zero-order chi connectivity index (χ0) is 16.8. The first-order chi connectivity index (χ1) is 11.1. The van der Waals surface area contributed by atoms with Gasteiger partial charge in [-0.3, -0.25) is 14.4 Å². The second-order valence-corrected chi connectivity index (χ2v) is 7.11. The third-order valence-electron chi connectivity index (χ3n) is 4.56. The van der Waals surface area contributed by atoms with Crippen LogP contribution in [0.25, 0.3) is 0 Å². The van der Waals surface area contributed by atoms with Gasteiger partial charge in [0.25, 0.3) is 0 Å². The van der Waals surface area contributed by atoms with E-state index in [1.165, 1.54) is 0 Å². The molecule has 1 aliphatic carbocycles. The maximum atomic E-state index is 12.8. The molecular formula is C16H27N3O3S. The van der Waals surface area contributed by atoms with Crippen molar-refractivity contribution in [3.05, 3.63) is 0 Å². The smallest absolute Gasteiger partial charge is 0.246 e. The normalized spacial score (nSPS) is 21.5. The largest absolute Gasteiger partial charge is 0.355 e. The Kier molecular flexibility index (Phi) is 6.74. The van der Waals surface area contributed by atoms with Crippen molar-refractivity contribution in [1.82, 2.24) is 15.1 Å². The van der Waals surface area contributed by atoms with Gasteiger partial charge >= 0.3 is 0 Å². The lowest BCUT2D eigenvalue weighted by Gasteiger charge is -2.30. The number of nitrogens with zero attached hydrogens (tertiary/aromatic N) is 2. The molecule has 1 heterocycles. The van der Waals surface area contributed by atoms with Crippen LogP contribution in [-0.4, -0.2) is 64.8 Å². The van der Waals surface area contributed by atoms with Gasteiger partial charge in [-0.1, -0.05) is 12.8 Å². The average Bonchev–Trinajstić information content (AvgIpc) is 3.22. The Morgan fingerprint density at radius 2 is 1.91 bits per heavy atom. The van der Waals surface area contributed by atoms with Gasteiger partial charge in [-0.05, 0) is 26.7 Å². The molecule has 3 amide bonds. The van der Waals surface area contributed by atoms with Crippen LogP contribution in [-0.2, 0) is 14.4 Å². The van der Waals surface area contributed by atoms with Gasteiger partial charge in [0, 0.05) is 24.8 Å². The summed E-state index contributed by atoms with van der Waals surface area (Å²) in [6, 6.07) is -0.414. The summed E-state index contributed by atoms with van der Waals surface area (Å²) in [5, 5.41) is 2.72. The number of hydrogen-bond acceptors (Lipinski definition) is 4. The van der Waals surface area contributed by atoms with Gasteiger partial charge < -0.3 is 15.1 Å². The first-order valence-corrected chi connectivity index (χ1v) is 9.67. The summed E-state index contributed by atoms with van der Waals surface area (Å²) in [5.41, 5.74) is 0. The molecule has 2 fully saturated rings. The minimum atomic E-state index is -0.414. The molecule has 1 saturated carbocycles. The van der Waals surface area contributed by atoms with Crippen molar-refractivity contribution in [3.8, 4) is 0 Å². The Bertz CT molecular complexity index is 452. The molecule has 1 N–H and O–H groups in total. The molecule has 6 nitrogen and oxygen atoms in total. The van der Waals surface area contributed by atoms with E-state index in [1.54, 1.807) is 21.6 Å². The minimum absolute atomic E-state index is 0.0653. The van der Waals surface area contributed by atoms with E-state index in [4.69, 9.17) is 0 Å². The number of hydrogen-bond donors (Lipinski definition) is 1. The highest BCUT2D eigenvalue weighted by atomic mass is 32.2. The van der Waals surface area contributed by atoms with Gasteiger partial charge in [0.05, 0.1) is 12.4 Å². The van der Waals surface area contributed by atoms with Crippen LogP contribution in [0, 0.1) is 5.92 Å². The molecule has 0 aromatic heterocycles. The lowest BCUT2D eigenvalue weighted by atomic mass is 10.1. The molecule has 0 aromatic rings. The Morgan fingerprint density at radius 1 is 1.22 bits per heavy atom. The van der Waals surface area contributed by atoms with Crippen LogP contribution in [0.3, 0.4) is 0 Å². The molecule has 7 heteroatoms. The fourth-order valence-corrected chi connectivity index (χ4v) is 4.41. The van der Waals surface area contributed by atoms with E-state index in [1.807, 2.05) is 13.8 Å². The van der Waals surface area contributed by atoms with Crippen molar-refractivity contribution < 1.29 is 14.4 Å². The fourth-order valence-electron chi connectivity index (χ4n) is 3.25. The number of rotatable bonds is 6. The molecule has 0 spiro atoms. The molecule has 0 radical (unpaired) electrons. The van der Waals surface area contributed by atoms with Crippen LogP contribution in [0.4, 0.5) is 0 Å². The second-order valence-electron chi connectivity index (χ2n) is 6.11. The maximum absolute atomic E-state index is 12.8. The van der Waals surface area contributed by atoms with E-state index in [0.717, 1.165) is 25.7 Å².